The van der Waals surface area contributed by atoms with Crippen molar-refractivity contribution in [3.63, 3.8) is 0 Å². The van der Waals surface area contributed by atoms with Gasteiger partial charge in [-0.3, -0.25) is 9.69 Å². The lowest BCUT2D eigenvalue weighted by Crippen LogP contribution is -2.41. The zero-order valence-corrected chi connectivity index (χ0v) is 13.7. The smallest absolute Gasteiger partial charge is 0.387 e. The Morgan fingerprint density at radius 3 is 2.36 bits per heavy atom. The van der Waals surface area contributed by atoms with Crippen LogP contribution in [-0.4, -0.2) is 30.4 Å². The van der Waals surface area contributed by atoms with Crippen LogP contribution in [0, 0.1) is 6.92 Å². The van der Waals surface area contributed by atoms with E-state index in [2.05, 4.69) is 9.73 Å². The maximum atomic E-state index is 13.0. The molecular weight excluding hydrogens is 328 g/mol. The average molecular weight is 345 g/mol. The molecule has 0 radical (unpaired) electrons. The van der Waals surface area contributed by atoms with E-state index in [0.29, 0.717) is 16.7 Å². The molecule has 0 saturated heterocycles. The Hall–Kier alpha value is -2.96. The third-order valence-corrected chi connectivity index (χ3v) is 4.24. The third kappa shape index (κ3) is 2.71. The predicted octanol–water partition coefficient (Wildman–Crippen LogP) is 2.63. The number of halogens is 2. The van der Waals surface area contributed by atoms with E-state index in [1.54, 1.807) is 50.4 Å². The normalized spacial score (nSPS) is 20.1. The Morgan fingerprint density at radius 1 is 1.16 bits per heavy atom. The van der Waals surface area contributed by atoms with Crippen LogP contribution in [0.5, 0.6) is 5.75 Å². The van der Waals surface area contributed by atoms with Crippen LogP contribution in [0.4, 0.5) is 8.78 Å². The van der Waals surface area contributed by atoms with Gasteiger partial charge in [-0.1, -0.05) is 36.4 Å². The minimum atomic E-state index is -2.92. The summed E-state index contributed by atoms with van der Waals surface area (Å²) in [5.74, 6) is -0.157. The summed E-state index contributed by atoms with van der Waals surface area (Å²) >= 11 is 0. The number of carbonyl (C=O) groups excluding carboxylic acids is 1. The minimum Gasteiger partial charge on any atom is -0.435 e. The van der Waals surface area contributed by atoms with Crippen LogP contribution in [0.2, 0.25) is 0 Å². The molecule has 0 unspecified atom stereocenters. The number of guanidine groups is 1. The Balaban J connectivity index is 2.18. The first kappa shape index (κ1) is 16.9. The van der Waals surface area contributed by atoms with Crippen molar-refractivity contribution in [3.05, 3.63) is 65.2 Å². The zero-order chi connectivity index (χ0) is 18.2. The van der Waals surface area contributed by atoms with Crippen LogP contribution < -0.4 is 10.5 Å². The highest BCUT2D eigenvalue weighted by molar-refractivity contribution is 6.08. The summed E-state index contributed by atoms with van der Waals surface area (Å²) in [6.45, 7) is -1.28. The van der Waals surface area contributed by atoms with Gasteiger partial charge in [-0.25, -0.2) is 4.99 Å². The highest BCUT2D eigenvalue weighted by Crippen LogP contribution is 2.40. The van der Waals surface area contributed by atoms with E-state index >= 15 is 0 Å². The fourth-order valence-corrected chi connectivity index (χ4v) is 2.97. The minimum absolute atomic E-state index is 0.0534. The molecule has 0 bridgehead atoms. The maximum Gasteiger partial charge on any atom is 0.387 e. The van der Waals surface area contributed by atoms with Gasteiger partial charge in [-0.05, 0) is 35.7 Å². The first-order valence-electron chi connectivity index (χ1n) is 7.61. The van der Waals surface area contributed by atoms with Crippen LogP contribution in [-0.2, 0) is 10.3 Å². The third-order valence-electron chi connectivity index (χ3n) is 4.24. The van der Waals surface area contributed by atoms with Crippen molar-refractivity contribution >= 4 is 11.9 Å². The largest absolute Gasteiger partial charge is 0.435 e. The Bertz CT molecular complexity index is 839. The Morgan fingerprint density at radius 2 is 1.84 bits per heavy atom. The van der Waals surface area contributed by atoms with Crippen LogP contribution in [0.3, 0.4) is 0 Å². The summed E-state index contributed by atoms with van der Waals surface area (Å²) in [6, 6.07) is 13.6. The molecule has 25 heavy (non-hydrogen) atoms. The number of likely N-dealkylation sites (N-methyl/N-ethyl adjacent to an activating group) is 1. The molecule has 3 rings (SSSR count). The molecule has 1 aliphatic heterocycles. The topological polar surface area (TPSA) is 67.9 Å². The lowest BCUT2D eigenvalue weighted by Gasteiger charge is -2.26. The second-order valence-electron chi connectivity index (χ2n) is 5.77. The summed E-state index contributed by atoms with van der Waals surface area (Å²) in [5, 5.41) is 0. The van der Waals surface area contributed by atoms with Gasteiger partial charge < -0.3 is 10.5 Å². The number of benzene rings is 2. The van der Waals surface area contributed by atoms with E-state index in [9.17, 15) is 13.6 Å². The number of ether oxygens (including phenoxy) is 1. The summed E-state index contributed by atoms with van der Waals surface area (Å²) < 4.78 is 29.5. The lowest BCUT2D eigenvalue weighted by molar-refractivity contribution is -0.129. The number of carbonyl (C=O) groups is 1. The van der Waals surface area contributed by atoms with Crippen molar-refractivity contribution in [2.45, 2.75) is 19.1 Å². The van der Waals surface area contributed by atoms with Gasteiger partial charge in [0.2, 0.25) is 0 Å². The van der Waals surface area contributed by atoms with Crippen molar-refractivity contribution < 1.29 is 18.3 Å². The molecule has 2 aromatic rings. The first-order chi connectivity index (χ1) is 11.9. The average Bonchev–Trinajstić information content (AvgIpc) is 2.82. The number of amides is 1. The number of aryl methyl sites for hydroxylation is 1. The molecule has 1 amide bonds. The quantitative estimate of drug-likeness (QED) is 0.926. The summed E-state index contributed by atoms with van der Waals surface area (Å²) in [6.07, 6.45) is 0. The number of rotatable bonds is 4. The lowest BCUT2D eigenvalue weighted by atomic mass is 9.82. The van der Waals surface area contributed by atoms with Gasteiger partial charge >= 0.3 is 6.61 Å². The molecular formula is C18H17F2N3O2. The molecule has 130 valence electrons. The van der Waals surface area contributed by atoms with E-state index in [1.807, 2.05) is 6.07 Å². The SMILES string of the molecule is Cc1cc([C@]2(c3ccccc3)N=C(N)N(C)C2=O)ccc1OC(F)F. The Kier molecular flexibility index (Phi) is 4.16. The molecule has 5 nitrogen and oxygen atoms in total. The maximum absolute atomic E-state index is 13.0. The van der Waals surface area contributed by atoms with Gasteiger partial charge in [-0.15, -0.1) is 0 Å². The first-order valence-corrected chi connectivity index (χ1v) is 7.61. The van der Waals surface area contributed by atoms with Gasteiger partial charge in [0.25, 0.3) is 5.91 Å². The number of nitrogens with two attached hydrogens (primary N) is 1. The van der Waals surface area contributed by atoms with E-state index in [4.69, 9.17) is 5.73 Å². The van der Waals surface area contributed by atoms with Crippen LogP contribution in [0.25, 0.3) is 0 Å². The van der Waals surface area contributed by atoms with Crippen molar-refractivity contribution in [2.24, 2.45) is 10.7 Å². The fourth-order valence-electron chi connectivity index (χ4n) is 2.97. The second kappa shape index (κ2) is 6.16. The van der Waals surface area contributed by atoms with Crippen LogP contribution in [0.1, 0.15) is 16.7 Å². The highest BCUT2D eigenvalue weighted by atomic mass is 19.3. The van der Waals surface area contributed by atoms with Crippen LogP contribution in [0.15, 0.2) is 53.5 Å². The summed E-state index contributed by atoms with van der Waals surface area (Å²) in [7, 11) is 1.55. The van der Waals surface area contributed by atoms with Crippen LogP contribution >= 0.6 is 0 Å². The van der Waals surface area contributed by atoms with E-state index in [-0.39, 0.29) is 17.6 Å². The number of alkyl halides is 2. The van der Waals surface area contributed by atoms with Gasteiger partial charge in [0, 0.05) is 7.05 Å². The number of nitrogens with zero attached hydrogens (tertiary/aromatic N) is 2. The molecule has 0 aliphatic carbocycles. The molecule has 0 saturated carbocycles. The molecule has 0 spiro atoms. The number of hydrogen-bond donors (Lipinski definition) is 1. The van der Waals surface area contributed by atoms with Crippen molar-refractivity contribution in [1.29, 1.82) is 0 Å². The molecule has 7 heteroatoms. The Labute approximate surface area is 143 Å². The molecule has 2 aromatic carbocycles. The monoisotopic (exact) mass is 345 g/mol. The van der Waals surface area contributed by atoms with Crippen molar-refractivity contribution in [2.75, 3.05) is 7.05 Å². The van der Waals surface area contributed by atoms with Gasteiger partial charge in [0.1, 0.15) is 5.75 Å². The highest BCUT2D eigenvalue weighted by Gasteiger charge is 2.49. The molecule has 1 aliphatic rings. The standard InChI is InChI=1S/C18H17F2N3O2/c1-11-10-13(8-9-14(11)25-16(19)20)18(12-6-4-3-5-7-12)15(24)23(2)17(21)22-18/h3-10,16H,1-2H3,(H2,21,22)/t18-/m0/s1. The number of aliphatic imine (C=N–C) groups is 1. The van der Waals surface area contributed by atoms with Gasteiger partial charge in [-0.2, -0.15) is 8.78 Å². The van der Waals surface area contributed by atoms with Gasteiger partial charge in [0.05, 0.1) is 0 Å². The van der Waals surface area contributed by atoms with E-state index < -0.39 is 12.2 Å². The molecule has 0 fully saturated rings. The molecule has 1 heterocycles. The predicted molar refractivity (Wildman–Crippen MR) is 89.4 cm³/mol. The zero-order valence-electron chi connectivity index (χ0n) is 13.7. The molecule has 2 N–H and O–H groups in total. The molecule has 0 aromatic heterocycles. The second-order valence-corrected chi connectivity index (χ2v) is 5.77. The van der Waals surface area contributed by atoms with Crippen molar-refractivity contribution in [3.8, 4) is 5.75 Å². The van der Waals surface area contributed by atoms with Crippen molar-refractivity contribution in [1.82, 2.24) is 4.90 Å². The summed E-state index contributed by atoms with van der Waals surface area (Å²) in [4.78, 5) is 18.7. The van der Waals surface area contributed by atoms with E-state index in [1.165, 1.54) is 11.0 Å². The fraction of sp³-hybridized carbons (Fsp3) is 0.222. The molecule has 1 atom stereocenters. The summed E-state index contributed by atoms with van der Waals surface area (Å²) in [5.41, 5.74) is 6.21. The van der Waals surface area contributed by atoms with E-state index in [0.717, 1.165) is 0 Å². The number of hydrogen-bond acceptors (Lipinski definition) is 4. The van der Waals surface area contributed by atoms with Gasteiger partial charge in [0.15, 0.2) is 11.5 Å².